The van der Waals surface area contributed by atoms with Crippen LogP contribution in [0.5, 0.6) is 0 Å². The fraction of sp³-hybridized carbons (Fsp3) is 1.00. The van der Waals surface area contributed by atoms with Crippen LogP contribution in [0, 0.1) is 5.92 Å². The number of nitrogens with one attached hydrogen (secondary N) is 2. The first-order valence-corrected chi connectivity index (χ1v) is 10.7. The maximum atomic E-state index is 11.8. The molecule has 1 saturated carbocycles. The molecule has 6 nitrogen and oxygen atoms in total. The van der Waals surface area contributed by atoms with E-state index in [2.05, 4.69) is 10.0 Å². The third-order valence-electron chi connectivity index (χ3n) is 3.77. The van der Waals surface area contributed by atoms with E-state index in [4.69, 9.17) is 0 Å². The van der Waals surface area contributed by atoms with Crippen LogP contribution in [0.2, 0.25) is 0 Å². The second kappa shape index (κ2) is 6.72. The molecule has 1 aliphatic heterocycles. The van der Waals surface area contributed by atoms with Gasteiger partial charge in [0.15, 0.2) is 9.84 Å². The summed E-state index contributed by atoms with van der Waals surface area (Å²) in [4.78, 5) is 0. The molecule has 0 spiro atoms. The SMILES string of the molecule is O=S1(=O)CCC(CNS(=O)(=O)CCCCNC2CC2)C1. The summed E-state index contributed by atoms with van der Waals surface area (Å²) < 4.78 is 48.7. The van der Waals surface area contributed by atoms with Crippen LogP contribution < -0.4 is 10.0 Å². The van der Waals surface area contributed by atoms with Crippen LogP contribution >= 0.6 is 0 Å². The summed E-state index contributed by atoms with van der Waals surface area (Å²) >= 11 is 0. The van der Waals surface area contributed by atoms with Gasteiger partial charge in [-0.25, -0.2) is 21.6 Å². The van der Waals surface area contributed by atoms with E-state index >= 15 is 0 Å². The van der Waals surface area contributed by atoms with Gasteiger partial charge in [0.05, 0.1) is 17.3 Å². The van der Waals surface area contributed by atoms with Crippen molar-refractivity contribution in [3.8, 4) is 0 Å². The summed E-state index contributed by atoms with van der Waals surface area (Å²) in [6.07, 6.45) is 4.54. The summed E-state index contributed by atoms with van der Waals surface area (Å²) in [5.41, 5.74) is 0. The van der Waals surface area contributed by atoms with Gasteiger partial charge in [0.1, 0.15) is 0 Å². The molecule has 0 aromatic carbocycles. The molecular formula is C12H24N2O4S2. The number of sulfonamides is 1. The average Bonchev–Trinajstić information content (AvgIpc) is 3.10. The standard InChI is InChI=1S/C12H24N2O4S2/c15-19(16)8-5-11(10-19)9-14-20(17,18)7-2-1-6-13-12-3-4-12/h11-14H,1-10H2. The Morgan fingerprint density at radius 2 is 1.85 bits per heavy atom. The van der Waals surface area contributed by atoms with Gasteiger partial charge in [0, 0.05) is 12.6 Å². The molecule has 118 valence electrons. The second-order valence-corrected chi connectivity index (χ2v) is 10.0. The lowest BCUT2D eigenvalue weighted by atomic mass is 10.1. The Balaban J connectivity index is 1.58. The molecule has 2 N–H and O–H groups in total. The molecule has 1 aliphatic carbocycles. The van der Waals surface area contributed by atoms with Crippen LogP contribution in [0.3, 0.4) is 0 Å². The highest BCUT2D eigenvalue weighted by molar-refractivity contribution is 7.91. The molecule has 2 rings (SSSR count). The number of sulfone groups is 1. The summed E-state index contributed by atoms with van der Waals surface area (Å²) in [6, 6.07) is 0.661. The van der Waals surface area contributed by atoms with E-state index in [1.807, 2.05) is 0 Å². The number of unbranched alkanes of at least 4 members (excludes halogenated alkanes) is 1. The Kier molecular flexibility index (Phi) is 5.44. The molecule has 1 atom stereocenters. The van der Waals surface area contributed by atoms with E-state index in [1.165, 1.54) is 12.8 Å². The highest BCUT2D eigenvalue weighted by atomic mass is 32.2. The zero-order valence-corrected chi connectivity index (χ0v) is 13.3. The lowest BCUT2D eigenvalue weighted by Crippen LogP contribution is -2.32. The second-order valence-electron chi connectivity index (χ2n) is 5.87. The Morgan fingerprint density at radius 1 is 1.10 bits per heavy atom. The first kappa shape index (κ1) is 16.2. The number of rotatable bonds is 9. The van der Waals surface area contributed by atoms with E-state index in [0.29, 0.717) is 18.9 Å². The minimum Gasteiger partial charge on any atom is -0.314 e. The largest absolute Gasteiger partial charge is 0.314 e. The Bertz CT molecular complexity index is 512. The van der Waals surface area contributed by atoms with Crippen LogP contribution in [-0.4, -0.2) is 53.2 Å². The quantitative estimate of drug-likeness (QED) is 0.577. The average molecular weight is 324 g/mol. The molecule has 0 bridgehead atoms. The molecule has 0 amide bonds. The topological polar surface area (TPSA) is 92.3 Å². The van der Waals surface area contributed by atoms with Gasteiger partial charge in [-0.3, -0.25) is 0 Å². The molecule has 0 aromatic heterocycles. The van der Waals surface area contributed by atoms with Crippen molar-refractivity contribution in [3.05, 3.63) is 0 Å². The molecule has 1 saturated heterocycles. The normalized spacial score (nSPS) is 25.9. The molecule has 20 heavy (non-hydrogen) atoms. The minimum atomic E-state index is -3.26. The zero-order chi connectivity index (χ0) is 14.6. The van der Waals surface area contributed by atoms with E-state index in [1.54, 1.807) is 0 Å². The molecule has 1 unspecified atom stereocenters. The summed E-state index contributed by atoms with van der Waals surface area (Å²) in [5.74, 6) is 0.359. The van der Waals surface area contributed by atoms with Gasteiger partial charge < -0.3 is 5.32 Å². The van der Waals surface area contributed by atoms with E-state index < -0.39 is 19.9 Å². The third-order valence-corrected chi connectivity index (χ3v) is 7.04. The lowest BCUT2D eigenvalue weighted by molar-refractivity contribution is 0.539. The van der Waals surface area contributed by atoms with Gasteiger partial charge in [0.2, 0.25) is 10.0 Å². The lowest BCUT2D eigenvalue weighted by Gasteiger charge is -2.10. The van der Waals surface area contributed by atoms with Crippen LogP contribution in [-0.2, 0) is 19.9 Å². The van der Waals surface area contributed by atoms with E-state index in [9.17, 15) is 16.8 Å². The third kappa shape index (κ3) is 6.07. The van der Waals surface area contributed by atoms with Crippen molar-refractivity contribution >= 4 is 19.9 Å². The maximum absolute atomic E-state index is 11.8. The molecular weight excluding hydrogens is 300 g/mol. The molecule has 1 heterocycles. The maximum Gasteiger partial charge on any atom is 0.211 e. The van der Waals surface area contributed by atoms with Gasteiger partial charge >= 0.3 is 0 Å². The van der Waals surface area contributed by atoms with Gasteiger partial charge in [0.25, 0.3) is 0 Å². The molecule has 2 fully saturated rings. The Morgan fingerprint density at radius 3 is 2.45 bits per heavy atom. The van der Waals surface area contributed by atoms with Crippen LogP contribution in [0.1, 0.15) is 32.1 Å². The minimum absolute atomic E-state index is 0.0636. The number of hydrogen-bond donors (Lipinski definition) is 2. The summed E-state index contributed by atoms with van der Waals surface area (Å²) in [5, 5.41) is 3.35. The first-order chi connectivity index (χ1) is 9.36. The van der Waals surface area contributed by atoms with E-state index in [0.717, 1.165) is 13.0 Å². The Labute approximate surface area is 121 Å². The molecule has 0 aromatic rings. The van der Waals surface area contributed by atoms with E-state index in [-0.39, 0.29) is 29.7 Å². The smallest absolute Gasteiger partial charge is 0.211 e. The predicted molar refractivity (Wildman–Crippen MR) is 78.8 cm³/mol. The van der Waals surface area contributed by atoms with Crippen molar-refractivity contribution < 1.29 is 16.8 Å². The van der Waals surface area contributed by atoms with Crippen molar-refractivity contribution in [3.63, 3.8) is 0 Å². The van der Waals surface area contributed by atoms with Crippen molar-refractivity contribution in [1.82, 2.24) is 10.0 Å². The van der Waals surface area contributed by atoms with Gasteiger partial charge in [-0.05, 0) is 44.6 Å². The van der Waals surface area contributed by atoms with Crippen molar-refractivity contribution in [2.45, 2.75) is 38.1 Å². The van der Waals surface area contributed by atoms with Crippen LogP contribution in [0.4, 0.5) is 0 Å². The Hall–Kier alpha value is -0.180. The van der Waals surface area contributed by atoms with Crippen molar-refractivity contribution in [2.75, 3.05) is 30.3 Å². The molecule has 0 radical (unpaired) electrons. The predicted octanol–water partition coefficient (Wildman–Crippen LogP) is -0.127. The van der Waals surface area contributed by atoms with Gasteiger partial charge in [-0.2, -0.15) is 0 Å². The number of hydrogen-bond acceptors (Lipinski definition) is 5. The van der Waals surface area contributed by atoms with Gasteiger partial charge in [-0.1, -0.05) is 0 Å². The highest BCUT2D eigenvalue weighted by Crippen LogP contribution is 2.18. The van der Waals surface area contributed by atoms with Crippen LogP contribution in [0.15, 0.2) is 0 Å². The molecule has 2 aliphatic rings. The summed E-state index contributed by atoms with van der Waals surface area (Å²) in [7, 11) is -6.20. The van der Waals surface area contributed by atoms with Gasteiger partial charge in [-0.15, -0.1) is 0 Å². The zero-order valence-electron chi connectivity index (χ0n) is 11.7. The first-order valence-electron chi connectivity index (χ1n) is 7.27. The fourth-order valence-corrected chi connectivity index (χ4v) is 5.44. The fourth-order valence-electron chi connectivity index (χ4n) is 2.36. The summed E-state index contributed by atoms with van der Waals surface area (Å²) in [6.45, 7) is 1.13. The highest BCUT2D eigenvalue weighted by Gasteiger charge is 2.28. The van der Waals surface area contributed by atoms with Crippen LogP contribution in [0.25, 0.3) is 0 Å². The van der Waals surface area contributed by atoms with Crippen molar-refractivity contribution in [1.29, 1.82) is 0 Å². The molecule has 8 heteroatoms. The van der Waals surface area contributed by atoms with Crippen molar-refractivity contribution in [2.24, 2.45) is 5.92 Å². The monoisotopic (exact) mass is 324 g/mol.